The van der Waals surface area contributed by atoms with Crippen molar-refractivity contribution in [1.29, 1.82) is 0 Å². The summed E-state index contributed by atoms with van der Waals surface area (Å²) in [5.74, 6) is -0.807. The average molecular weight is 326 g/mol. The van der Waals surface area contributed by atoms with E-state index in [4.69, 9.17) is 4.74 Å². The number of benzene rings is 2. The van der Waals surface area contributed by atoms with Gasteiger partial charge >= 0.3 is 5.97 Å². The number of esters is 1. The number of benzodiazepines with no additional fused rings is 1. The molecule has 0 saturated heterocycles. The second-order valence-electron chi connectivity index (χ2n) is 4.83. The van der Waals surface area contributed by atoms with E-state index in [1.807, 2.05) is 42.5 Å². The smallest absolute Gasteiger partial charge is 0.356 e. The number of hydrogen-bond acceptors (Lipinski definition) is 5. The molecule has 0 fully saturated rings. The first-order valence-electron chi connectivity index (χ1n) is 6.97. The van der Waals surface area contributed by atoms with E-state index < -0.39 is 5.97 Å². The lowest BCUT2D eigenvalue weighted by Gasteiger charge is -2.10. The van der Waals surface area contributed by atoms with Crippen molar-refractivity contribution in [1.82, 2.24) is 0 Å². The van der Waals surface area contributed by atoms with Gasteiger partial charge in [-0.1, -0.05) is 30.0 Å². The molecule has 0 spiro atoms. The summed E-state index contributed by atoms with van der Waals surface area (Å²) in [6.07, 6.45) is 0. The molecule has 1 heterocycles. The van der Waals surface area contributed by atoms with E-state index >= 15 is 0 Å². The van der Waals surface area contributed by atoms with Crippen LogP contribution in [0.1, 0.15) is 5.56 Å². The number of nitrogens with zero attached hydrogens (tertiary/aromatic N) is 1. The van der Waals surface area contributed by atoms with Gasteiger partial charge in [-0.3, -0.25) is 9.79 Å². The molecule has 0 atom stereocenters. The number of carbonyl (C=O) groups is 2. The van der Waals surface area contributed by atoms with Gasteiger partial charge in [0.2, 0.25) is 5.91 Å². The van der Waals surface area contributed by atoms with Gasteiger partial charge in [-0.2, -0.15) is 0 Å². The number of amides is 1. The van der Waals surface area contributed by atoms with Crippen molar-refractivity contribution in [2.45, 2.75) is 9.79 Å². The maximum absolute atomic E-state index is 12.0. The third-order valence-corrected chi connectivity index (χ3v) is 4.26. The van der Waals surface area contributed by atoms with Gasteiger partial charge in [0, 0.05) is 15.4 Å². The fourth-order valence-electron chi connectivity index (χ4n) is 2.21. The van der Waals surface area contributed by atoms with Gasteiger partial charge < -0.3 is 10.1 Å². The molecule has 3 rings (SSSR count). The third-order valence-electron chi connectivity index (χ3n) is 3.26. The summed E-state index contributed by atoms with van der Waals surface area (Å²) in [5, 5.41) is 2.75. The number of ether oxygens (including phenoxy) is 1. The first kappa shape index (κ1) is 15.3. The van der Waals surface area contributed by atoms with Crippen molar-refractivity contribution in [3.63, 3.8) is 0 Å². The monoisotopic (exact) mass is 326 g/mol. The lowest BCUT2D eigenvalue weighted by atomic mass is 10.1. The molecule has 0 radical (unpaired) electrons. The lowest BCUT2D eigenvalue weighted by molar-refractivity contribution is -0.132. The van der Waals surface area contributed by atoms with Crippen LogP contribution in [0.15, 0.2) is 63.3 Å². The van der Waals surface area contributed by atoms with Crippen LogP contribution < -0.4 is 5.32 Å². The molecule has 0 aliphatic carbocycles. The summed E-state index contributed by atoms with van der Waals surface area (Å²) in [4.78, 5) is 29.8. The van der Waals surface area contributed by atoms with Crippen molar-refractivity contribution >= 4 is 35.0 Å². The van der Waals surface area contributed by atoms with E-state index in [1.165, 1.54) is 7.11 Å². The zero-order valence-corrected chi connectivity index (χ0v) is 13.2. The molecule has 1 aliphatic heterocycles. The van der Waals surface area contributed by atoms with Crippen LogP contribution in [-0.2, 0) is 14.3 Å². The van der Waals surface area contributed by atoms with Crippen molar-refractivity contribution in [2.24, 2.45) is 4.99 Å². The van der Waals surface area contributed by atoms with Crippen LogP contribution >= 0.6 is 11.8 Å². The van der Waals surface area contributed by atoms with Gasteiger partial charge in [0.1, 0.15) is 6.54 Å². The van der Waals surface area contributed by atoms with Crippen molar-refractivity contribution < 1.29 is 14.3 Å². The minimum Gasteiger partial charge on any atom is -0.464 e. The molecule has 6 heteroatoms. The molecule has 2 aromatic rings. The summed E-state index contributed by atoms with van der Waals surface area (Å²) in [7, 11) is 1.30. The number of rotatable bonds is 3. The number of hydrogen-bond donors (Lipinski definition) is 1. The van der Waals surface area contributed by atoms with Gasteiger partial charge in [0.05, 0.1) is 12.8 Å². The summed E-state index contributed by atoms with van der Waals surface area (Å²) >= 11 is 1.57. The molecule has 0 aromatic heterocycles. The third kappa shape index (κ3) is 3.43. The fraction of sp³-hybridized carbons (Fsp3) is 0.118. The number of nitrogens with one attached hydrogen (secondary N) is 1. The van der Waals surface area contributed by atoms with Crippen LogP contribution in [0.3, 0.4) is 0 Å². The quantitative estimate of drug-likeness (QED) is 0.881. The largest absolute Gasteiger partial charge is 0.464 e. The maximum Gasteiger partial charge on any atom is 0.356 e. The van der Waals surface area contributed by atoms with E-state index in [9.17, 15) is 9.59 Å². The molecule has 2 aromatic carbocycles. The van der Waals surface area contributed by atoms with Crippen LogP contribution in [0.25, 0.3) is 0 Å². The number of aliphatic imine (C=N–C) groups is 1. The summed E-state index contributed by atoms with van der Waals surface area (Å²) in [6, 6.07) is 15.4. The Morgan fingerprint density at radius 1 is 1.17 bits per heavy atom. The second kappa shape index (κ2) is 6.66. The average Bonchev–Trinajstić information content (AvgIpc) is 2.73. The van der Waals surface area contributed by atoms with Gasteiger partial charge in [0.25, 0.3) is 0 Å². The number of anilines is 1. The molecular weight excluding hydrogens is 312 g/mol. The predicted molar refractivity (Wildman–Crippen MR) is 89.1 cm³/mol. The van der Waals surface area contributed by atoms with E-state index in [0.717, 1.165) is 9.79 Å². The molecular formula is C17H14N2O3S. The topological polar surface area (TPSA) is 67.8 Å². The molecule has 0 bridgehead atoms. The maximum atomic E-state index is 12.0. The molecule has 1 aliphatic rings. The summed E-state index contributed by atoms with van der Waals surface area (Å²) in [6.45, 7) is -0.0969. The fourth-order valence-corrected chi connectivity index (χ4v) is 3.09. The highest BCUT2D eigenvalue weighted by Crippen LogP contribution is 2.31. The Hall–Kier alpha value is -2.60. The second-order valence-corrected chi connectivity index (χ2v) is 5.97. The molecule has 23 heavy (non-hydrogen) atoms. The van der Waals surface area contributed by atoms with Crippen LogP contribution in [0.5, 0.6) is 0 Å². The molecule has 1 amide bonds. The highest BCUT2D eigenvalue weighted by Gasteiger charge is 2.23. The molecule has 5 nitrogen and oxygen atoms in total. The van der Waals surface area contributed by atoms with Gasteiger partial charge in [-0.15, -0.1) is 0 Å². The highest BCUT2D eigenvalue weighted by atomic mass is 32.2. The van der Waals surface area contributed by atoms with Gasteiger partial charge in [0.15, 0.2) is 5.71 Å². The Labute approximate surface area is 137 Å². The standard InChI is InChI=1S/C17H14N2O3S/c1-22-17(21)16-13-9-12(23-11-5-3-2-4-6-11)7-8-14(13)19-15(20)10-18-16/h2-9H,10H2,1H3,(H,19,20). The van der Waals surface area contributed by atoms with E-state index in [0.29, 0.717) is 11.3 Å². The number of fused-ring (bicyclic) bond motifs is 1. The predicted octanol–water partition coefficient (Wildman–Crippen LogP) is 2.75. The molecule has 116 valence electrons. The Morgan fingerprint density at radius 3 is 2.70 bits per heavy atom. The number of methoxy groups -OCH3 is 1. The van der Waals surface area contributed by atoms with E-state index in [2.05, 4.69) is 10.3 Å². The Morgan fingerprint density at radius 2 is 1.96 bits per heavy atom. The van der Waals surface area contributed by atoms with Crippen molar-refractivity contribution in [3.05, 3.63) is 54.1 Å². The van der Waals surface area contributed by atoms with Crippen LogP contribution in [0.2, 0.25) is 0 Å². The SMILES string of the molecule is COC(=O)C1=NCC(=O)Nc2ccc(Sc3ccccc3)cc21. The zero-order valence-electron chi connectivity index (χ0n) is 12.4. The van der Waals surface area contributed by atoms with E-state index in [-0.39, 0.29) is 18.2 Å². The highest BCUT2D eigenvalue weighted by molar-refractivity contribution is 7.99. The van der Waals surface area contributed by atoms with Crippen LogP contribution in [0, 0.1) is 0 Å². The molecule has 0 saturated carbocycles. The number of carbonyl (C=O) groups excluding carboxylic acids is 2. The summed E-state index contributed by atoms with van der Waals surface area (Å²) < 4.78 is 4.78. The Bertz CT molecular complexity index is 788. The normalized spacial score (nSPS) is 13.4. The van der Waals surface area contributed by atoms with Crippen LogP contribution in [-0.4, -0.2) is 31.2 Å². The zero-order chi connectivity index (χ0) is 16.2. The minimum atomic E-state index is -0.551. The van der Waals surface area contributed by atoms with Crippen molar-refractivity contribution in [2.75, 3.05) is 19.0 Å². The van der Waals surface area contributed by atoms with E-state index in [1.54, 1.807) is 17.8 Å². The summed E-state index contributed by atoms with van der Waals surface area (Å²) in [5.41, 5.74) is 1.30. The molecule has 0 unspecified atom stereocenters. The van der Waals surface area contributed by atoms with Gasteiger partial charge in [-0.05, 0) is 30.3 Å². The van der Waals surface area contributed by atoms with Crippen LogP contribution in [0.4, 0.5) is 5.69 Å². The van der Waals surface area contributed by atoms with Crippen molar-refractivity contribution in [3.8, 4) is 0 Å². The van der Waals surface area contributed by atoms with Gasteiger partial charge in [-0.25, -0.2) is 4.79 Å². The first-order chi connectivity index (χ1) is 11.2. The lowest BCUT2D eigenvalue weighted by Crippen LogP contribution is -2.17. The Kier molecular flexibility index (Phi) is 4.43. The first-order valence-corrected chi connectivity index (χ1v) is 7.79. The minimum absolute atomic E-state index is 0.0969. The molecule has 1 N–H and O–H groups in total. The Balaban J connectivity index is 2.00.